The van der Waals surface area contributed by atoms with Crippen LogP contribution in [0.2, 0.25) is 0 Å². The van der Waals surface area contributed by atoms with Crippen LogP contribution in [-0.2, 0) is 9.53 Å². The summed E-state index contributed by atoms with van der Waals surface area (Å²) in [5.74, 6) is -0.191. The van der Waals surface area contributed by atoms with Crippen molar-refractivity contribution in [3.8, 4) is 0 Å². The molecule has 2 atom stereocenters. The highest BCUT2D eigenvalue weighted by atomic mass is 16.5. The fourth-order valence-corrected chi connectivity index (χ4v) is 2.42. The van der Waals surface area contributed by atoms with Gasteiger partial charge in [0.15, 0.2) is 0 Å². The van der Waals surface area contributed by atoms with E-state index in [1.54, 1.807) is 0 Å². The van der Waals surface area contributed by atoms with Crippen LogP contribution in [0.4, 0.5) is 0 Å². The smallest absolute Gasteiger partial charge is 0.327 e. The zero-order valence-electron chi connectivity index (χ0n) is 13.6. The molecule has 0 amide bonds. The molecule has 0 heterocycles. The molecule has 0 bridgehead atoms. The van der Waals surface area contributed by atoms with Crippen LogP contribution >= 0.6 is 0 Å². The summed E-state index contributed by atoms with van der Waals surface area (Å²) in [4.78, 5) is 12.2. The number of benzene rings is 1. The summed E-state index contributed by atoms with van der Waals surface area (Å²) in [7, 11) is 0. The molecule has 3 heteroatoms. The molecule has 0 aromatic heterocycles. The fourth-order valence-electron chi connectivity index (χ4n) is 2.42. The minimum atomic E-state index is -0.368. The maximum atomic E-state index is 12.2. The lowest BCUT2D eigenvalue weighted by atomic mass is 10.0. The van der Waals surface area contributed by atoms with Gasteiger partial charge < -0.3 is 4.74 Å². The molecular formula is C18H29NO2. The Morgan fingerprint density at radius 3 is 2.48 bits per heavy atom. The quantitative estimate of drug-likeness (QED) is 0.517. The summed E-state index contributed by atoms with van der Waals surface area (Å²) in [6.07, 6.45) is 6.08. The molecule has 1 aromatic carbocycles. The maximum absolute atomic E-state index is 12.2. The van der Waals surface area contributed by atoms with E-state index in [1.807, 2.05) is 37.3 Å². The van der Waals surface area contributed by atoms with Crippen LogP contribution in [0.15, 0.2) is 30.3 Å². The summed E-state index contributed by atoms with van der Waals surface area (Å²) in [5, 5.41) is 3.42. The SMILES string of the molecule is CCCCCCC(C)NC(C(=O)OCC)c1ccccc1. The van der Waals surface area contributed by atoms with Crippen LogP contribution in [0.25, 0.3) is 0 Å². The van der Waals surface area contributed by atoms with Crippen molar-refractivity contribution >= 4 is 5.97 Å². The molecule has 0 aliphatic heterocycles. The Hall–Kier alpha value is -1.35. The normalized spacial score (nSPS) is 13.7. The number of esters is 1. The summed E-state index contributed by atoms with van der Waals surface area (Å²) >= 11 is 0. The number of carbonyl (C=O) groups is 1. The van der Waals surface area contributed by atoms with Crippen molar-refractivity contribution < 1.29 is 9.53 Å². The van der Waals surface area contributed by atoms with E-state index in [2.05, 4.69) is 19.2 Å². The van der Waals surface area contributed by atoms with Crippen LogP contribution < -0.4 is 5.32 Å². The molecule has 0 radical (unpaired) electrons. The van der Waals surface area contributed by atoms with Gasteiger partial charge in [0.1, 0.15) is 6.04 Å². The summed E-state index contributed by atoms with van der Waals surface area (Å²) < 4.78 is 5.20. The van der Waals surface area contributed by atoms with Gasteiger partial charge in [-0.2, -0.15) is 0 Å². The topological polar surface area (TPSA) is 38.3 Å². The monoisotopic (exact) mass is 291 g/mol. The molecule has 1 rings (SSSR count). The van der Waals surface area contributed by atoms with Gasteiger partial charge in [-0.05, 0) is 25.8 Å². The Morgan fingerprint density at radius 1 is 1.14 bits per heavy atom. The predicted octanol–water partition coefficient (Wildman–Crippen LogP) is 4.24. The van der Waals surface area contributed by atoms with Crippen molar-refractivity contribution in [2.75, 3.05) is 6.61 Å². The zero-order valence-corrected chi connectivity index (χ0v) is 13.6. The largest absolute Gasteiger partial charge is 0.465 e. The lowest BCUT2D eigenvalue weighted by Crippen LogP contribution is -2.36. The van der Waals surface area contributed by atoms with Crippen LogP contribution in [0.5, 0.6) is 0 Å². The van der Waals surface area contributed by atoms with Crippen LogP contribution in [0.1, 0.15) is 64.5 Å². The standard InChI is InChI=1S/C18H29NO2/c1-4-6-7-9-12-15(3)19-17(18(20)21-5-2)16-13-10-8-11-14-16/h8,10-11,13-15,17,19H,4-7,9,12H2,1-3H3. The molecule has 1 N–H and O–H groups in total. The molecule has 0 aliphatic carbocycles. The van der Waals surface area contributed by atoms with Crippen molar-refractivity contribution in [3.63, 3.8) is 0 Å². The molecule has 0 saturated carbocycles. The summed E-state index contributed by atoms with van der Waals surface area (Å²) in [5.41, 5.74) is 0.969. The number of ether oxygens (including phenoxy) is 1. The Kier molecular flexibility index (Phi) is 8.76. The number of carbonyl (C=O) groups excluding carboxylic acids is 1. The van der Waals surface area contributed by atoms with E-state index in [1.165, 1.54) is 25.7 Å². The number of unbranched alkanes of at least 4 members (excludes halogenated alkanes) is 3. The van der Waals surface area contributed by atoms with E-state index in [-0.39, 0.29) is 12.0 Å². The zero-order chi connectivity index (χ0) is 15.5. The summed E-state index contributed by atoms with van der Waals surface area (Å²) in [6.45, 7) is 6.61. The molecular weight excluding hydrogens is 262 g/mol. The molecule has 0 spiro atoms. The highest BCUT2D eigenvalue weighted by Crippen LogP contribution is 2.17. The lowest BCUT2D eigenvalue weighted by molar-refractivity contribution is -0.146. The van der Waals surface area contributed by atoms with Gasteiger partial charge in [-0.15, -0.1) is 0 Å². The molecule has 2 unspecified atom stereocenters. The highest BCUT2D eigenvalue weighted by Gasteiger charge is 2.23. The van der Waals surface area contributed by atoms with Gasteiger partial charge in [0.05, 0.1) is 6.61 Å². The van der Waals surface area contributed by atoms with Crippen LogP contribution in [0, 0.1) is 0 Å². The number of nitrogens with one attached hydrogen (secondary N) is 1. The summed E-state index contributed by atoms with van der Waals surface area (Å²) in [6, 6.07) is 9.74. The molecule has 0 saturated heterocycles. The fraction of sp³-hybridized carbons (Fsp3) is 0.611. The lowest BCUT2D eigenvalue weighted by Gasteiger charge is -2.22. The van der Waals surface area contributed by atoms with Crippen molar-refractivity contribution in [1.82, 2.24) is 5.32 Å². The van der Waals surface area contributed by atoms with Crippen molar-refractivity contribution in [2.24, 2.45) is 0 Å². The first-order chi connectivity index (χ1) is 10.2. The molecule has 1 aromatic rings. The minimum Gasteiger partial charge on any atom is -0.465 e. The van der Waals surface area contributed by atoms with Crippen molar-refractivity contribution in [3.05, 3.63) is 35.9 Å². The Labute approximate surface area is 129 Å². The first-order valence-electron chi connectivity index (χ1n) is 8.16. The molecule has 21 heavy (non-hydrogen) atoms. The van der Waals surface area contributed by atoms with Gasteiger partial charge in [-0.25, -0.2) is 4.79 Å². The second-order valence-electron chi connectivity index (χ2n) is 5.51. The predicted molar refractivity (Wildman–Crippen MR) is 87.2 cm³/mol. The maximum Gasteiger partial charge on any atom is 0.327 e. The first-order valence-corrected chi connectivity index (χ1v) is 8.16. The van der Waals surface area contributed by atoms with Crippen LogP contribution in [-0.4, -0.2) is 18.6 Å². The second kappa shape index (κ2) is 10.4. The van der Waals surface area contributed by atoms with E-state index in [0.717, 1.165) is 12.0 Å². The first kappa shape index (κ1) is 17.7. The number of rotatable bonds is 10. The second-order valence-corrected chi connectivity index (χ2v) is 5.51. The molecule has 118 valence electrons. The Bertz CT molecular complexity index is 391. The average Bonchev–Trinajstić information content (AvgIpc) is 2.50. The number of hydrogen-bond donors (Lipinski definition) is 1. The third-order valence-corrected chi connectivity index (χ3v) is 3.60. The average molecular weight is 291 g/mol. The van der Waals surface area contributed by atoms with Gasteiger partial charge in [-0.1, -0.05) is 62.9 Å². The Balaban J connectivity index is 2.59. The minimum absolute atomic E-state index is 0.191. The third-order valence-electron chi connectivity index (χ3n) is 3.60. The molecule has 3 nitrogen and oxygen atoms in total. The molecule has 0 fully saturated rings. The Morgan fingerprint density at radius 2 is 1.86 bits per heavy atom. The van der Waals surface area contributed by atoms with Gasteiger partial charge in [-0.3, -0.25) is 5.32 Å². The van der Waals surface area contributed by atoms with Gasteiger partial charge in [0.25, 0.3) is 0 Å². The number of hydrogen-bond acceptors (Lipinski definition) is 3. The molecule has 0 aliphatic rings. The van der Waals surface area contributed by atoms with Crippen LogP contribution in [0.3, 0.4) is 0 Å². The van der Waals surface area contributed by atoms with Gasteiger partial charge in [0, 0.05) is 6.04 Å². The highest BCUT2D eigenvalue weighted by molar-refractivity contribution is 5.77. The van der Waals surface area contributed by atoms with E-state index < -0.39 is 0 Å². The third kappa shape index (κ3) is 6.76. The van der Waals surface area contributed by atoms with Gasteiger partial charge >= 0.3 is 5.97 Å². The van der Waals surface area contributed by atoms with E-state index >= 15 is 0 Å². The van der Waals surface area contributed by atoms with Crippen molar-refractivity contribution in [2.45, 2.75) is 65.0 Å². The van der Waals surface area contributed by atoms with E-state index in [9.17, 15) is 4.79 Å². The van der Waals surface area contributed by atoms with E-state index in [4.69, 9.17) is 4.74 Å². The van der Waals surface area contributed by atoms with Crippen molar-refractivity contribution in [1.29, 1.82) is 0 Å². The van der Waals surface area contributed by atoms with Gasteiger partial charge in [0.2, 0.25) is 0 Å². The van der Waals surface area contributed by atoms with E-state index in [0.29, 0.717) is 12.6 Å².